The molecule has 36 heavy (non-hydrogen) atoms. The maximum Gasteiger partial charge on any atom is 0.255 e. The van der Waals surface area contributed by atoms with Crippen molar-refractivity contribution in [3.05, 3.63) is 65.2 Å². The molecule has 1 atom stereocenters. The summed E-state index contributed by atoms with van der Waals surface area (Å²) in [6, 6.07) is 15.5. The van der Waals surface area contributed by atoms with Crippen LogP contribution >= 0.6 is 0 Å². The van der Waals surface area contributed by atoms with Gasteiger partial charge in [-0.2, -0.15) is 0 Å². The Bertz CT molecular complexity index is 1110. The van der Waals surface area contributed by atoms with Gasteiger partial charge in [-0.05, 0) is 48.6 Å². The van der Waals surface area contributed by atoms with Crippen LogP contribution in [-0.2, 0) is 16.1 Å². The fraction of sp³-hybridized carbons (Fsp3) is 0.464. The Balaban J connectivity index is 0.000000152. The summed E-state index contributed by atoms with van der Waals surface area (Å²) in [5.74, 6) is -0.266. The van der Waals surface area contributed by atoms with E-state index in [9.17, 15) is 18.9 Å². The van der Waals surface area contributed by atoms with Crippen molar-refractivity contribution in [3.63, 3.8) is 0 Å². The summed E-state index contributed by atoms with van der Waals surface area (Å²) in [4.78, 5) is 42.9. The zero-order valence-corrected chi connectivity index (χ0v) is 20.3. The lowest BCUT2D eigenvalue weighted by Crippen LogP contribution is -2.52. The monoisotopic (exact) mass is 493 g/mol. The van der Waals surface area contributed by atoms with Gasteiger partial charge in [-0.25, -0.2) is 0 Å². The second-order valence-electron chi connectivity index (χ2n) is 10.1. The highest BCUT2D eigenvalue weighted by molar-refractivity contribution is 6.05. The molecular weight excluding hydrogens is 461 g/mol. The number of nitrogens with one attached hydrogen (secondary N) is 1. The van der Waals surface area contributed by atoms with E-state index in [0.717, 1.165) is 12.0 Å². The fourth-order valence-corrected chi connectivity index (χ4v) is 5.79. The minimum atomic E-state index is -0.664. The van der Waals surface area contributed by atoms with Crippen LogP contribution in [0.4, 0.5) is 4.53 Å². The molecule has 3 fully saturated rings. The number of likely N-dealkylation sites (tertiary alicyclic amines) is 1. The van der Waals surface area contributed by atoms with Crippen LogP contribution in [0, 0.1) is 0 Å². The van der Waals surface area contributed by atoms with Crippen LogP contribution in [0.15, 0.2) is 48.5 Å². The second-order valence-corrected chi connectivity index (χ2v) is 10.1. The van der Waals surface area contributed by atoms with Crippen molar-refractivity contribution in [1.29, 1.82) is 0 Å². The Morgan fingerprint density at radius 2 is 1.67 bits per heavy atom. The van der Waals surface area contributed by atoms with Gasteiger partial charge in [0.05, 0.1) is 0 Å². The van der Waals surface area contributed by atoms with Gasteiger partial charge < -0.3 is 4.90 Å². The molecular formula is C28H32FN3O4. The summed E-state index contributed by atoms with van der Waals surface area (Å²) in [7, 11) is 0. The number of amides is 3. The van der Waals surface area contributed by atoms with E-state index in [1.165, 1.54) is 73.9 Å². The number of fused-ring (bicyclic) bond motifs is 1. The molecule has 3 heterocycles. The van der Waals surface area contributed by atoms with E-state index in [4.69, 9.17) is 0 Å². The first-order valence-corrected chi connectivity index (χ1v) is 12.9. The number of carbonyl (C=O) groups is 3. The van der Waals surface area contributed by atoms with E-state index in [-0.39, 0.29) is 30.5 Å². The number of halogens is 1. The van der Waals surface area contributed by atoms with Crippen molar-refractivity contribution in [3.8, 4) is 5.75 Å². The molecule has 3 amide bonds. The summed E-state index contributed by atoms with van der Waals surface area (Å²) in [6.45, 7) is 2.81. The molecule has 8 heteroatoms. The van der Waals surface area contributed by atoms with Gasteiger partial charge in [-0.3, -0.25) is 29.5 Å². The van der Waals surface area contributed by atoms with Gasteiger partial charge in [0.25, 0.3) is 5.91 Å². The number of hydrogen-bond donors (Lipinski definition) is 1. The van der Waals surface area contributed by atoms with Crippen molar-refractivity contribution < 1.29 is 23.9 Å². The normalized spacial score (nSPS) is 22.9. The molecule has 2 saturated heterocycles. The van der Waals surface area contributed by atoms with Crippen molar-refractivity contribution in [2.45, 2.75) is 69.5 Å². The average molecular weight is 494 g/mol. The van der Waals surface area contributed by atoms with Crippen LogP contribution in [0.5, 0.6) is 5.75 Å². The second kappa shape index (κ2) is 10.8. The molecule has 3 aliphatic heterocycles. The maximum absolute atomic E-state index is 12.2. The lowest BCUT2D eigenvalue weighted by atomic mass is 9.86. The van der Waals surface area contributed by atoms with E-state index in [1.54, 1.807) is 0 Å². The largest absolute Gasteiger partial charge is 0.322 e. The van der Waals surface area contributed by atoms with Crippen LogP contribution in [0.3, 0.4) is 0 Å². The average Bonchev–Trinajstić information content (AvgIpc) is 3.20. The van der Waals surface area contributed by atoms with E-state index < -0.39 is 11.9 Å². The van der Waals surface area contributed by atoms with Crippen LogP contribution in [-0.4, -0.2) is 52.7 Å². The summed E-state index contributed by atoms with van der Waals surface area (Å²) < 4.78 is 12.1. The minimum absolute atomic E-state index is 0.0154. The van der Waals surface area contributed by atoms with Crippen LogP contribution in [0.1, 0.15) is 72.3 Å². The number of rotatable bonds is 4. The van der Waals surface area contributed by atoms with Crippen molar-refractivity contribution in [2.75, 3.05) is 13.1 Å². The molecule has 4 aliphatic rings. The predicted octanol–water partition coefficient (Wildman–Crippen LogP) is 4.13. The van der Waals surface area contributed by atoms with Gasteiger partial charge in [-0.1, -0.05) is 49.6 Å². The third-order valence-corrected chi connectivity index (χ3v) is 7.86. The molecule has 1 aliphatic carbocycles. The molecule has 1 N–H and O–H groups in total. The summed E-state index contributed by atoms with van der Waals surface area (Å²) in [5, 5.41) is 2.22. The Kier molecular flexibility index (Phi) is 7.32. The maximum atomic E-state index is 12.2. The molecule has 1 saturated carbocycles. The van der Waals surface area contributed by atoms with Crippen LogP contribution < -0.4 is 10.3 Å². The first-order chi connectivity index (χ1) is 17.5. The first-order valence-electron chi connectivity index (χ1n) is 12.9. The topological polar surface area (TPSA) is 78.9 Å². The Labute approximate surface area is 210 Å². The molecule has 0 spiro atoms. The number of imide groups is 1. The Morgan fingerprint density at radius 1 is 0.917 bits per heavy atom. The fourth-order valence-electron chi connectivity index (χ4n) is 5.79. The van der Waals surface area contributed by atoms with E-state index >= 15 is 0 Å². The van der Waals surface area contributed by atoms with E-state index in [0.29, 0.717) is 17.5 Å². The van der Waals surface area contributed by atoms with E-state index in [1.807, 2.05) is 0 Å². The van der Waals surface area contributed by atoms with Gasteiger partial charge in [0.2, 0.25) is 11.8 Å². The van der Waals surface area contributed by atoms with Gasteiger partial charge >= 0.3 is 0 Å². The summed E-state index contributed by atoms with van der Waals surface area (Å²) in [5.41, 5.74) is 2.57. The van der Waals surface area contributed by atoms with Gasteiger partial charge in [0.1, 0.15) is 6.04 Å². The van der Waals surface area contributed by atoms with Crippen LogP contribution in [0.25, 0.3) is 0 Å². The lowest BCUT2D eigenvalue weighted by molar-refractivity contribution is -0.136. The van der Waals surface area contributed by atoms with Crippen molar-refractivity contribution in [1.82, 2.24) is 15.1 Å². The minimum Gasteiger partial charge on any atom is -0.322 e. The summed E-state index contributed by atoms with van der Waals surface area (Å²) >= 11 is 0. The molecule has 1 unspecified atom stereocenters. The molecule has 7 nitrogen and oxygen atoms in total. The first kappa shape index (κ1) is 24.4. The number of carbonyl (C=O) groups excluding carboxylic acids is 3. The third-order valence-electron chi connectivity index (χ3n) is 7.86. The number of benzene rings is 2. The highest BCUT2D eigenvalue weighted by Crippen LogP contribution is 2.33. The van der Waals surface area contributed by atoms with Crippen LogP contribution in [0.2, 0.25) is 0 Å². The molecule has 0 bridgehead atoms. The smallest absolute Gasteiger partial charge is 0.255 e. The molecule has 2 aromatic carbocycles. The zero-order chi connectivity index (χ0) is 25.1. The quantitative estimate of drug-likeness (QED) is 0.648. The standard InChI is InChI=1S/C15H21N.C13H11FN2O4/c1-3-7-13(8-4-1)14-11-16(12-14)15-9-5-2-6-10-15;14-20-8-1-2-9-7(5-8)6-16(13(9)19)10-3-4-11(17)15-12(10)18/h1,3-4,7-8,14-15H,2,5-6,9-12H2;1-2,5,10H,3-4,6H2,(H,15,17,18). The third kappa shape index (κ3) is 5.14. The van der Waals surface area contributed by atoms with Gasteiger partial charge in [0.15, 0.2) is 5.75 Å². The highest BCUT2D eigenvalue weighted by atomic mass is 19.3. The molecule has 2 aromatic rings. The molecule has 6 rings (SSSR count). The van der Waals surface area contributed by atoms with Crippen molar-refractivity contribution in [2.24, 2.45) is 0 Å². The van der Waals surface area contributed by atoms with Gasteiger partial charge in [-0.15, -0.1) is 0 Å². The Morgan fingerprint density at radius 3 is 2.36 bits per heavy atom. The Hall–Kier alpha value is -3.26. The van der Waals surface area contributed by atoms with Gasteiger partial charge in [0, 0.05) is 48.1 Å². The SMILES string of the molecule is O=C1CCC(N2Cc3cc(OF)ccc3C2=O)C(=O)N1.c1ccc(C2CN(C3CCCCC3)C2)cc1. The van der Waals surface area contributed by atoms with Crippen molar-refractivity contribution >= 4 is 17.7 Å². The zero-order valence-electron chi connectivity index (χ0n) is 20.3. The van der Waals surface area contributed by atoms with E-state index in [2.05, 4.69) is 45.5 Å². The highest BCUT2D eigenvalue weighted by Gasteiger charge is 2.39. The molecule has 190 valence electrons. The summed E-state index contributed by atoms with van der Waals surface area (Å²) in [6.07, 6.45) is 7.77. The number of piperidine rings is 1. The predicted molar refractivity (Wildman–Crippen MR) is 132 cm³/mol. The number of hydrogen-bond acceptors (Lipinski definition) is 5. The number of nitrogens with zero attached hydrogens (tertiary/aromatic N) is 2. The molecule has 0 radical (unpaired) electrons. The molecule has 0 aromatic heterocycles. The lowest BCUT2D eigenvalue weighted by Gasteiger charge is -2.46.